The van der Waals surface area contributed by atoms with Crippen LogP contribution in [0, 0.1) is 0 Å². The van der Waals surface area contributed by atoms with E-state index >= 15 is 0 Å². The smallest absolute Gasteiger partial charge is 0.0425 e. The second kappa shape index (κ2) is 10.8. The molecule has 0 aliphatic carbocycles. The van der Waals surface area contributed by atoms with Crippen LogP contribution in [0.5, 0.6) is 0 Å². The Morgan fingerprint density at radius 3 is 2.08 bits per heavy atom. The SMILES string of the molecule is C/C=c1/[nH]cc/c1=C/N.CC.CC. The first kappa shape index (κ1) is 14.3. The number of aromatic nitrogens is 1. The monoisotopic (exact) mass is 182 g/mol. The van der Waals surface area contributed by atoms with Crippen LogP contribution in [0.2, 0.25) is 0 Å². The Morgan fingerprint density at radius 1 is 1.23 bits per heavy atom. The first-order chi connectivity index (χ1) is 6.38. The molecule has 0 aliphatic heterocycles. The first-order valence-corrected chi connectivity index (χ1v) is 4.90. The van der Waals surface area contributed by atoms with Gasteiger partial charge in [-0.15, -0.1) is 0 Å². The summed E-state index contributed by atoms with van der Waals surface area (Å²) in [6, 6.07) is 1.94. The summed E-state index contributed by atoms with van der Waals surface area (Å²) in [4.78, 5) is 3.04. The fourth-order valence-corrected chi connectivity index (χ4v) is 0.790. The third-order valence-electron chi connectivity index (χ3n) is 1.28. The van der Waals surface area contributed by atoms with Crippen molar-refractivity contribution >= 4 is 12.3 Å². The Bertz CT molecular complexity index is 255. The first-order valence-electron chi connectivity index (χ1n) is 4.90. The Morgan fingerprint density at radius 2 is 1.77 bits per heavy atom. The molecule has 76 valence electrons. The molecule has 0 aliphatic rings. The quantitative estimate of drug-likeness (QED) is 0.628. The third kappa shape index (κ3) is 5.12. The van der Waals surface area contributed by atoms with E-state index in [1.54, 1.807) is 6.20 Å². The van der Waals surface area contributed by atoms with Crippen molar-refractivity contribution in [2.75, 3.05) is 0 Å². The Kier molecular flexibility index (Phi) is 11.9. The van der Waals surface area contributed by atoms with E-state index in [1.165, 1.54) is 0 Å². The van der Waals surface area contributed by atoms with Gasteiger partial charge in [-0.1, -0.05) is 33.8 Å². The molecule has 0 saturated heterocycles. The molecule has 1 aromatic rings. The number of H-pyrrole nitrogens is 1. The van der Waals surface area contributed by atoms with Crippen LogP contribution in [0.25, 0.3) is 12.3 Å². The number of rotatable bonds is 0. The lowest BCUT2D eigenvalue weighted by molar-refractivity contribution is 1.31. The van der Waals surface area contributed by atoms with Gasteiger partial charge in [-0.25, -0.2) is 0 Å². The standard InChI is InChI=1S/C7H10N2.2C2H6/c1-2-7-6(5-8)3-4-9-7;2*1-2/h2-5,9H,8H2,1H3;2*1-2H3/b6-5-,7-2+;;. The van der Waals surface area contributed by atoms with Crippen molar-refractivity contribution in [3.63, 3.8) is 0 Å². The molecule has 2 heteroatoms. The molecule has 0 fully saturated rings. The van der Waals surface area contributed by atoms with Crippen molar-refractivity contribution in [2.45, 2.75) is 34.6 Å². The fourth-order valence-electron chi connectivity index (χ4n) is 0.790. The van der Waals surface area contributed by atoms with Crippen LogP contribution >= 0.6 is 0 Å². The molecule has 0 radical (unpaired) electrons. The highest BCUT2D eigenvalue weighted by Crippen LogP contribution is 1.60. The Balaban J connectivity index is 0. The van der Waals surface area contributed by atoms with Crippen LogP contribution in [-0.2, 0) is 0 Å². The zero-order valence-electron chi connectivity index (χ0n) is 9.39. The van der Waals surface area contributed by atoms with Crippen LogP contribution < -0.4 is 16.3 Å². The Labute approximate surface area is 81.2 Å². The fraction of sp³-hybridized carbons (Fsp3) is 0.455. The average molecular weight is 182 g/mol. The maximum Gasteiger partial charge on any atom is 0.0425 e. The summed E-state index contributed by atoms with van der Waals surface area (Å²) >= 11 is 0. The molecular formula is C11H22N2. The molecule has 0 aromatic carbocycles. The van der Waals surface area contributed by atoms with Gasteiger partial charge in [-0.05, 0) is 13.0 Å². The van der Waals surface area contributed by atoms with E-state index in [1.807, 2.05) is 53.0 Å². The van der Waals surface area contributed by atoms with E-state index < -0.39 is 0 Å². The van der Waals surface area contributed by atoms with Gasteiger partial charge in [-0.2, -0.15) is 0 Å². The van der Waals surface area contributed by atoms with Gasteiger partial charge in [0.15, 0.2) is 0 Å². The van der Waals surface area contributed by atoms with Crippen molar-refractivity contribution < 1.29 is 0 Å². The minimum atomic E-state index is 1.05. The van der Waals surface area contributed by atoms with Crippen LogP contribution in [0.1, 0.15) is 34.6 Å². The van der Waals surface area contributed by atoms with E-state index in [4.69, 9.17) is 5.73 Å². The lowest BCUT2D eigenvalue weighted by Gasteiger charge is -1.73. The van der Waals surface area contributed by atoms with Gasteiger partial charge < -0.3 is 10.7 Å². The summed E-state index contributed by atoms with van der Waals surface area (Å²) in [5.41, 5.74) is 5.31. The molecule has 0 bridgehead atoms. The highest BCUT2D eigenvalue weighted by atomic mass is 14.6. The van der Waals surface area contributed by atoms with Crippen LogP contribution in [0.3, 0.4) is 0 Å². The number of aromatic amines is 1. The molecule has 13 heavy (non-hydrogen) atoms. The van der Waals surface area contributed by atoms with Gasteiger partial charge in [0.05, 0.1) is 0 Å². The maximum atomic E-state index is 5.31. The number of hydrogen-bond donors (Lipinski definition) is 2. The van der Waals surface area contributed by atoms with E-state index in [-0.39, 0.29) is 0 Å². The molecule has 3 N–H and O–H groups in total. The van der Waals surface area contributed by atoms with Gasteiger partial charge in [0.1, 0.15) is 0 Å². The van der Waals surface area contributed by atoms with Crippen molar-refractivity contribution in [1.82, 2.24) is 4.98 Å². The second-order valence-electron chi connectivity index (χ2n) is 1.80. The molecule has 0 unspecified atom stereocenters. The van der Waals surface area contributed by atoms with Gasteiger partial charge in [0.2, 0.25) is 0 Å². The van der Waals surface area contributed by atoms with E-state index in [0.29, 0.717) is 0 Å². The van der Waals surface area contributed by atoms with Crippen molar-refractivity contribution in [1.29, 1.82) is 0 Å². The van der Waals surface area contributed by atoms with E-state index in [0.717, 1.165) is 10.6 Å². The van der Waals surface area contributed by atoms with Gasteiger partial charge in [-0.3, -0.25) is 0 Å². The highest BCUT2D eigenvalue weighted by Gasteiger charge is 1.78. The number of nitrogens with one attached hydrogen (secondary N) is 1. The third-order valence-corrected chi connectivity index (χ3v) is 1.28. The Hall–Kier alpha value is -1.18. The molecular weight excluding hydrogens is 160 g/mol. The van der Waals surface area contributed by atoms with Crippen molar-refractivity contribution in [3.05, 3.63) is 22.8 Å². The van der Waals surface area contributed by atoms with E-state index in [2.05, 4.69) is 4.98 Å². The minimum Gasteiger partial charge on any atom is -0.404 e. The molecule has 1 rings (SSSR count). The van der Waals surface area contributed by atoms with Gasteiger partial charge in [0.25, 0.3) is 0 Å². The zero-order chi connectivity index (χ0) is 10.7. The van der Waals surface area contributed by atoms with Crippen LogP contribution in [0.15, 0.2) is 12.3 Å². The van der Waals surface area contributed by atoms with Gasteiger partial charge in [0, 0.05) is 23.0 Å². The highest BCUT2D eigenvalue weighted by molar-refractivity contribution is 5.24. The molecule has 0 amide bonds. The van der Waals surface area contributed by atoms with Crippen molar-refractivity contribution in [3.8, 4) is 0 Å². The largest absolute Gasteiger partial charge is 0.404 e. The minimum absolute atomic E-state index is 1.05. The van der Waals surface area contributed by atoms with Gasteiger partial charge >= 0.3 is 0 Å². The molecule has 1 heterocycles. The van der Waals surface area contributed by atoms with Crippen LogP contribution in [-0.4, -0.2) is 4.98 Å². The van der Waals surface area contributed by atoms with Crippen LogP contribution in [0.4, 0.5) is 0 Å². The normalized spacial score (nSPS) is 11.2. The zero-order valence-corrected chi connectivity index (χ0v) is 9.39. The molecule has 2 nitrogen and oxygen atoms in total. The van der Waals surface area contributed by atoms with E-state index in [9.17, 15) is 0 Å². The predicted molar refractivity (Wildman–Crippen MR) is 61.5 cm³/mol. The summed E-state index contributed by atoms with van der Waals surface area (Å²) in [5.74, 6) is 0. The van der Waals surface area contributed by atoms with Crippen molar-refractivity contribution in [2.24, 2.45) is 5.73 Å². The summed E-state index contributed by atoms with van der Waals surface area (Å²) in [6.07, 6.45) is 5.44. The molecule has 0 saturated carbocycles. The maximum absolute atomic E-state index is 5.31. The predicted octanol–water partition coefficient (Wildman–Crippen LogP) is 1.56. The second-order valence-corrected chi connectivity index (χ2v) is 1.80. The summed E-state index contributed by atoms with van der Waals surface area (Å²) in [6.45, 7) is 9.97. The summed E-state index contributed by atoms with van der Waals surface area (Å²) < 4.78 is 0. The molecule has 1 aromatic heterocycles. The molecule has 0 atom stereocenters. The molecule has 0 spiro atoms. The summed E-state index contributed by atoms with van der Waals surface area (Å²) in [7, 11) is 0. The lowest BCUT2D eigenvalue weighted by Crippen LogP contribution is -2.22. The topological polar surface area (TPSA) is 41.8 Å². The number of hydrogen-bond acceptors (Lipinski definition) is 1. The lowest BCUT2D eigenvalue weighted by atomic mass is 10.4. The average Bonchev–Trinajstić information content (AvgIpc) is 2.70. The summed E-state index contributed by atoms with van der Waals surface area (Å²) in [5, 5.41) is 2.13. The number of nitrogens with two attached hydrogens (primary N) is 1.